The lowest BCUT2D eigenvalue weighted by atomic mass is 9.65. The van der Waals surface area contributed by atoms with E-state index in [0.29, 0.717) is 25.8 Å². The molecule has 186 valence electrons. The molecule has 0 aromatic heterocycles. The highest BCUT2D eigenvalue weighted by Crippen LogP contribution is 2.64. The van der Waals surface area contributed by atoms with E-state index < -0.39 is 41.1 Å². The third kappa shape index (κ3) is 3.79. The highest BCUT2D eigenvalue weighted by atomic mass is 16.6. The van der Waals surface area contributed by atoms with E-state index in [9.17, 15) is 19.5 Å². The van der Waals surface area contributed by atoms with E-state index in [1.807, 2.05) is 13.8 Å². The molecule has 33 heavy (non-hydrogen) atoms. The number of hydrogen-bond acceptors (Lipinski definition) is 6. The molecule has 0 aliphatic carbocycles. The number of esters is 1. The fraction of sp³-hybridized carbons (Fsp3) is 0.800. The van der Waals surface area contributed by atoms with Gasteiger partial charge in [-0.3, -0.25) is 14.4 Å². The standard InChI is InChI=1S/C25H40N2O6/c1-7-11-16(5)26(14-8-2)22(30)20-25-13-12-24(9-3,33-25)19(23(31)32-10-4)18(25)21(29)27(20)17(6)15-28/h8,16-20,28H,2,7,9-15H2,1,3-6H3/t16?,17-,18+,19+,20?,24-,25?/m1/s1. The molecule has 3 rings (SSSR count). The zero-order chi connectivity index (χ0) is 24.6. The van der Waals surface area contributed by atoms with Gasteiger partial charge in [-0.1, -0.05) is 26.3 Å². The molecule has 1 N–H and O–H groups in total. The van der Waals surface area contributed by atoms with Crippen molar-refractivity contribution in [3.63, 3.8) is 0 Å². The largest absolute Gasteiger partial charge is 0.466 e. The van der Waals surface area contributed by atoms with E-state index in [4.69, 9.17) is 9.47 Å². The Hall–Kier alpha value is -1.93. The molecule has 0 radical (unpaired) electrons. The number of nitrogens with zero attached hydrogens (tertiary/aromatic N) is 2. The number of aliphatic hydroxyl groups is 1. The molecule has 8 nitrogen and oxygen atoms in total. The van der Waals surface area contributed by atoms with Crippen molar-refractivity contribution in [1.82, 2.24) is 9.80 Å². The number of aliphatic hydroxyl groups excluding tert-OH is 1. The van der Waals surface area contributed by atoms with Crippen LogP contribution in [-0.4, -0.2) is 81.8 Å². The summed E-state index contributed by atoms with van der Waals surface area (Å²) >= 11 is 0. The minimum atomic E-state index is -1.10. The van der Waals surface area contributed by atoms with Crippen molar-refractivity contribution in [3.05, 3.63) is 12.7 Å². The van der Waals surface area contributed by atoms with Gasteiger partial charge in [-0.05, 0) is 46.5 Å². The van der Waals surface area contributed by atoms with Gasteiger partial charge in [0.25, 0.3) is 0 Å². The number of carbonyl (C=O) groups is 3. The van der Waals surface area contributed by atoms with Gasteiger partial charge >= 0.3 is 5.97 Å². The number of hydrogen-bond donors (Lipinski definition) is 1. The van der Waals surface area contributed by atoms with Gasteiger partial charge < -0.3 is 24.4 Å². The maximum absolute atomic E-state index is 14.2. The second-order valence-electron chi connectivity index (χ2n) is 9.78. The highest BCUT2D eigenvalue weighted by molar-refractivity contribution is 5.98. The molecule has 3 heterocycles. The summed E-state index contributed by atoms with van der Waals surface area (Å²) in [5.74, 6) is -2.49. The van der Waals surface area contributed by atoms with Crippen LogP contribution in [0.15, 0.2) is 12.7 Å². The first-order valence-corrected chi connectivity index (χ1v) is 12.4. The summed E-state index contributed by atoms with van der Waals surface area (Å²) in [6.07, 6.45) is 5.09. The Balaban J connectivity index is 2.12. The van der Waals surface area contributed by atoms with E-state index in [1.54, 1.807) is 24.8 Å². The summed E-state index contributed by atoms with van der Waals surface area (Å²) in [7, 11) is 0. The molecular formula is C25H40N2O6. The topological polar surface area (TPSA) is 96.4 Å². The molecule has 1 spiro atoms. The van der Waals surface area contributed by atoms with Gasteiger partial charge in [-0.15, -0.1) is 6.58 Å². The molecule has 0 aromatic rings. The second-order valence-corrected chi connectivity index (χ2v) is 9.78. The summed E-state index contributed by atoms with van der Waals surface area (Å²) < 4.78 is 12.1. The summed E-state index contributed by atoms with van der Waals surface area (Å²) in [6, 6.07) is -1.53. The Bertz CT molecular complexity index is 787. The van der Waals surface area contributed by atoms with Crippen molar-refractivity contribution in [2.75, 3.05) is 19.8 Å². The van der Waals surface area contributed by atoms with Crippen LogP contribution in [0.4, 0.5) is 0 Å². The molecule has 0 saturated carbocycles. The van der Waals surface area contributed by atoms with Crippen LogP contribution in [-0.2, 0) is 23.9 Å². The third-order valence-corrected chi connectivity index (χ3v) is 7.98. The molecule has 3 aliphatic heterocycles. The lowest BCUT2D eigenvalue weighted by Gasteiger charge is -2.40. The van der Waals surface area contributed by atoms with Gasteiger partial charge in [0.15, 0.2) is 0 Å². The first kappa shape index (κ1) is 25.7. The maximum atomic E-state index is 14.2. The van der Waals surface area contributed by atoms with Crippen molar-refractivity contribution in [2.24, 2.45) is 11.8 Å². The number of fused-ring (bicyclic) bond motifs is 1. The molecule has 0 aromatic carbocycles. The van der Waals surface area contributed by atoms with Gasteiger partial charge in [-0.2, -0.15) is 0 Å². The van der Waals surface area contributed by atoms with Crippen LogP contribution in [0.1, 0.15) is 66.7 Å². The monoisotopic (exact) mass is 464 g/mol. The molecule has 3 aliphatic rings. The molecule has 7 atom stereocenters. The Labute approximate surface area is 197 Å². The number of likely N-dealkylation sites (tertiary alicyclic amines) is 1. The van der Waals surface area contributed by atoms with Crippen LogP contribution in [0.2, 0.25) is 0 Å². The predicted molar refractivity (Wildman–Crippen MR) is 123 cm³/mol. The lowest BCUT2D eigenvalue weighted by molar-refractivity contribution is -0.163. The molecule has 3 fully saturated rings. The van der Waals surface area contributed by atoms with Gasteiger partial charge in [0.1, 0.15) is 17.6 Å². The molecule has 2 bridgehead atoms. The molecule has 8 heteroatoms. The maximum Gasteiger partial charge on any atom is 0.312 e. The third-order valence-electron chi connectivity index (χ3n) is 7.98. The van der Waals surface area contributed by atoms with E-state index in [0.717, 1.165) is 12.8 Å². The predicted octanol–water partition coefficient (Wildman–Crippen LogP) is 2.29. The zero-order valence-corrected chi connectivity index (χ0v) is 20.7. The molecule has 3 saturated heterocycles. The Morgan fingerprint density at radius 1 is 1.33 bits per heavy atom. The van der Waals surface area contributed by atoms with E-state index >= 15 is 0 Å². The van der Waals surface area contributed by atoms with Gasteiger partial charge in [-0.25, -0.2) is 0 Å². The van der Waals surface area contributed by atoms with Gasteiger partial charge in [0, 0.05) is 12.6 Å². The molecule has 2 amide bonds. The van der Waals surface area contributed by atoms with Crippen molar-refractivity contribution < 1.29 is 29.0 Å². The van der Waals surface area contributed by atoms with Crippen molar-refractivity contribution in [2.45, 2.75) is 96.1 Å². The summed E-state index contributed by atoms with van der Waals surface area (Å²) in [6.45, 7) is 13.6. The quantitative estimate of drug-likeness (QED) is 0.372. The first-order chi connectivity index (χ1) is 15.7. The average Bonchev–Trinajstić information content (AvgIpc) is 3.40. The fourth-order valence-electron chi connectivity index (χ4n) is 6.45. The smallest absolute Gasteiger partial charge is 0.312 e. The number of amides is 2. The van der Waals surface area contributed by atoms with Crippen LogP contribution < -0.4 is 0 Å². The highest BCUT2D eigenvalue weighted by Gasteiger charge is 2.79. The minimum Gasteiger partial charge on any atom is -0.466 e. The van der Waals surface area contributed by atoms with Crippen LogP contribution in [0.3, 0.4) is 0 Å². The van der Waals surface area contributed by atoms with Crippen LogP contribution >= 0.6 is 0 Å². The van der Waals surface area contributed by atoms with Crippen LogP contribution in [0.5, 0.6) is 0 Å². The minimum absolute atomic E-state index is 0.0445. The Morgan fingerprint density at radius 3 is 2.58 bits per heavy atom. The zero-order valence-electron chi connectivity index (χ0n) is 20.7. The summed E-state index contributed by atoms with van der Waals surface area (Å²) in [5, 5.41) is 9.97. The van der Waals surface area contributed by atoms with Crippen molar-refractivity contribution >= 4 is 17.8 Å². The number of carbonyl (C=O) groups excluding carboxylic acids is 3. The average molecular weight is 465 g/mol. The van der Waals surface area contributed by atoms with E-state index in [1.165, 1.54) is 4.90 Å². The van der Waals surface area contributed by atoms with E-state index in [2.05, 4.69) is 13.5 Å². The van der Waals surface area contributed by atoms with Crippen molar-refractivity contribution in [3.8, 4) is 0 Å². The molecule has 3 unspecified atom stereocenters. The molecular weight excluding hydrogens is 424 g/mol. The van der Waals surface area contributed by atoms with Crippen LogP contribution in [0.25, 0.3) is 0 Å². The van der Waals surface area contributed by atoms with Gasteiger partial charge in [0.05, 0.1) is 30.8 Å². The second kappa shape index (κ2) is 9.74. The Morgan fingerprint density at radius 2 is 2.03 bits per heavy atom. The van der Waals surface area contributed by atoms with Crippen LogP contribution in [0, 0.1) is 11.8 Å². The fourth-order valence-corrected chi connectivity index (χ4v) is 6.45. The van der Waals surface area contributed by atoms with Crippen molar-refractivity contribution in [1.29, 1.82) is 0 Å². The number of rotatable bonds is 11. The van der Waals surface area contributed by atoms with E-state index in [-0.39, 0.29) is 31.1 Å². The normalized spacial score (nSPS) is 34.2. The van der Waals surface area contributed by atoms with Gasteiger partial charge in [0.2, 0.25) is 11.8 Å². The lowest BCUT2D eigenvalue weighted by Crippen LogP contribution is -2.59. The summed E-state index contributed by atoms with van der Waals surface area (Å²) in [5.41, 5.74) is -1.91. The number of ether oxygens (including phenoxy) is 2. The Kier molecular flexibility index (Phi) is 7.58. The summed E-state index contributed by atoms with van der Waals surface area (Å²) in [4.78, 5) is 44.4. The SMILES string of the molecule is C=CCN(C(=O)C1N([C@H](C)CO)C(=O)[C@@H]2[C@@H](C(=O)OCC)[C@@]3(CC)CCC12O3)C(C)CCC. The first-order valence-electron chi connectivity index (χ1n) is 12.4.